The number of piperidine rings is 1. The molecule has 0 amide bonds. The number of aryl methyl sites for hydroxylation is 1. The summed E-state index contributed by atoms with van der Waals surface area (Å²) in [6.07, 6.45) is 0.455. The molecule has 0 radical (unpaired) electrons. The lowest BCUT2D eigenvalue weighted by atomic mass is 9.90. The molecule has 8 heteroatoms. The fraction of sp³-hybridized carbons (Fsp3) is 0.381. The Hall–Kier alpha value is -1.35. The van der Waals surface area contributed by atoms with Crippen LogP contribution in [0.2, 0.25) is 0 Å². The van der Waals surface area contributed by atoms with Gasteiger partial charge in [-0.05, 0) is 48.9 Å². The molecule has 1 fully saturated rings. The maximum absolute atomic E-state index is 13.5. The van der Waals surface area contributed by atoms with Crippen molar-refractivity contribution in [3.05, 3.63) is 64.1 Å². The lowest BCUT2D eigenvalue weighted by Crippen LogP contribution is -2.49. The Balaban J connectivity index is 2.08. The van der Waals surface area contributed by atoms with Gasteiger partial charge in [-0.25, -0.2) is 8.42 Å². The predicted octanol–water partition coefficient (Wildman–Crippen LogP) is 4.72. The third kappa shape index (κ3) is 4.87. The normalized spacial score (nSPS) is 23.1. The number of benzene rings is 2. The quantitative estimate of drug-likeness (QED) is 0.624. The molecule has 0 unspecified atom stereocenters. The first-order valence-corrected chi connectivity index (χ1v) is 12.7. The summed E-state index contributed by atoms with van der Waals surface area (Å²) in [7, 11) is -3.85. The fourth-order valence-corrected chi connectivity index (χ4v) is 6.95. The Morgan fingerprint density at radius 3 is 2.52 bits per heavy atom. The molecule has 1 aliphatic rings. The van der Waals surface area contributed by atoms with Crippen LogP contribution < -0.4 is 0 Å². The van der Waals surface area contributed by atoms with Crippen molar-refractivity contribution in [1.29, 1.82) is 0 Å². The molecule has 1 N–H and O–H groups in total. The SMILES string of the molecule is CCS[C@@H]1C[C@@H](c2cccc(Br)c2)N(S(=O)(=O)c2ccc(C)cc2)C[C@H]1C(=O)O. The molecule has 0 aliphatic carbocycles. The Bertz CT molecular complexity index is 978. The summed E-state index contributed by atoms with van der Waals surface area (Å²) in [4.78, 5) is 12.1. The molecule has 0 bridgehead atoms. The Morgan fingerprint density at radius 2 is 1.93 bits per heavy atom. The van der Waals surface area contributed by atoms with E-state index in [4.69, 9.17) is 0 Å². The number of carboxylic acids is 1. The van der Waals surface area contributed by atoms with Gasteiger partial charge in [0.25, 0.3) is 0 Å². The van der Waals surface area contributed by atoms with E-state index in [0.717, 1.165) is 21.4 Å². The number of rotatable bonds is 6. The van der Waals surface area contributed by atoms with E-state index in [1.807, 2.05) is 38.1 Å². The minimum absolute atomic E-state index is 0.0413. The van der Waals surface area contributed by atoms with Gasteiger partial charge in [-0.2, -0.15) is 16.1 Å². The van der Waals surface area contributed by atoms with Crippen LogP contribution in [0.5, 0.6) is 0 Å². The highest BCUT2D eigenvalue weighted by molar-refractivity contribution is 9.10. The lowest BCUT2D eigenvalue weighted by molar-refractivity contribution is -0.143. The van der Waals surface area contributed by atoms with Gasteiger partial charge in [-0.1, -0.05) is 52.7 Å². The molecule has 156 valence electrons. The van der Waals surface area contributed by atoms with Crippen LogP contribution in [0.4, 0.5) is 0 Å². The van der Waals surface area contributed by atoms with Crippen LogP contribution in [0.3, 0.4) is 0 Å². The molecule has 3 atom stereocenters. The molecule has 3 rings (SSSR count). The summed E-state index contributed by atoms with van der Waals surface area (Å²) in [5.74, 6) is -0.916. The van der Waals surface area contributed by atoms with Gasteiger partial charge in [0, 0.05) is 16.3 Å². The van der Waals surface area contributed by atoms with Crippen molar-refractivity contribution >= 4 is 43.7 Å². The van der Waals surface area contributed by atoms with E-state index >= 15 is 0 Å². The largest absolute Gasteiger partial charge is 0.481 e. The molecule has 1 saturated heterocycles. The zero-order valence-corrected chi connectivity index (χ0v) is 19.5. The van der Waals surface area contributed by atoms with E-state index in [1.165, 1.54) is 4.31 Å². The molecule has 1 aliphatic heterocycles. The summed E-state index contributed by atoms with van der Waals surface area (Å²) in [5, 5.41) is 9.64. The smallest absolute Gasteiger partial charge is 0.308 e. The van der Waals surface area contributed by atoms with Crippen LogP contribution in [0.25, 0.3) is 0 Å². The lowest BCUT2D eigenvalue weighted by Gasteiger charge is -2.41. The van der Waals surface area contributed by atoms with Gasteiger partial charge >= 0.3 is 5.97 Å². The number of thioether (sulfide) groups is 1. The molecular formula is C21H24BrNO4S2. The first-order chi connectivity index (χ1) is 13.7. The molecule has 29 heavy (non-hydrogen) atoms. The van der Waals surface area contributed by atoms with E-state index < -0.39 is 28.0 Å². The fourth-order valence-electron chi connectivity index (χ4n) is 3.70. The summed E-state index contributed by atoms with van der Waals surface area (Å²) in [5.41, 5.74) is 1.83. The summed E-state index contributed by atoms with van der Waals surface area (Å²) < 4.78 is 29.3. The highest BCUT2D eigenvalue weighted by atomic mass is 79.9. The monoisotopic (exact) mass is 497 g/mol. The van der Waals surface area contributed by atoms with E-state index in [9.17, 15) is 18.3 Å². The third-order valence-electron chi connectivity index (χ3n) is 5.19. The second-order valence-corrected chi connectivity index (χ2v) is 11.5. The van der Waals surface area contributed by atoms with Gasteiger partial charge in [-0.15, -0.1) is 0 Å². The molecule has 0 aromatic heterocycles. The van der Waals surface area contributed by atoms with Gasteiger partial charge in [-0.3, -0.25) is 4.79 Å². The maximum atomic E-state index is 13.5. The van der Waals surface area contributed by atoms with Crippen LogP contribution in [-0.4, -0.2) is 41.3 Å². The van der Waals surface area contributed by atoms with Crippen molar-refractivity contribution in [2.24, 2.45) is 5.92 Å². The molecule has 2 aromatic carbocycles. The number of nitrogens with zero attached hydrogens (tertiary/aromatic N) is 1. The van der Waals surface area contributed by atoms with E-state index in [0.29, 0.717) is 6.42 Å². The first kappa shape index (κ1) is 22.3. The van der Waals surface area contributed by atoms with Gasteiger partial charge in [0.2, 0.25) is 10.0 Å². The highest BCUT2D eigenvalue weighted by Crippen LogP contribution is 2.42. The van der Waals surface area contributed by atoms with Gasteiger partial charge < -0.3 is 5.11 Å². The number of halogens is 1. The average Bonchev–Trinajstić information content (AvgIpc) is 2.68. The first-order valence-electron chi connectivity index (χ1n) is 9.42. The molecule has 2 aromatic rings. The number of hydrogen-bond acceptors (Lipinski definition) is 4. The second kappa shape index (κ2) is 9.20. The topological polar surface area (TPSA) is 74.7 Å². The maximum Gasteiger partial charge on any atom is 0.308 e. The predicted molar refractivity (Wildman–Crippen MR) is 120 cm³/mol. The van der Waals surface area contributed by atoms with E-state index in [-0.39, 0.29) is 16.7 Å². The van der Waals surface area contributed by atoms with Crippen molar-refractivity contribution in [2.45, 2.75) is 36.5 Å². The summed E-state index contributed by atoms with van der Waals surface area (Å²) in [6.45, 7) is 3.85. The zero-order chi connectivity index (χ0) is 21.2. The van der Waals surface area contributed by atoms with Gasteiger partial charge in [0.15, 0.2) is 0 Å². The van der Waals surface area contributed by atoms with Crippen LogP contribution >= 0.6 is 27.7 Å². The van der Waals surface area contributed by atoms with Crippen LogP contribution in [0.15, 0.2) is 57.9 Å². The van der Waals surface area contributed by atoms with Crippen LogP contribution in [-0.2, 0) is 14.8 Å². The Morgan fingerprint density at radius 1 is 1.24 bits per heavy atom. The van der Waals surface area contributed by atoms with Gasteiger partial charge in [0.05, 0.1) is 16.9 Å². The van der Waals surface area contributed by atoms with Gasteiger partial charge in [0.1, 0.15) is 0 Å². The molecular weight excluding hydrogens is 474 g/mol. The van der Waals surface area contributed by atoms with E-state index in [1.54, 1.807) is 36.0 Å². The van der Waals surface area contributed by atoms with Crippen molar-refractivity contribution in [3.63, 3.8) is 0 Å². The Labute approximate surface area is 184 Å². The minimum Gasteiger partial charge on any atom is -0.481 e. The molecule has 5 nitrogen and oxygen atoms in total. The third-order valence-corrected chi connectivity index (χ3v) is 8.85. The molecule has 1 heterocycles. The standard InChI is InChI=1S/C21H24BrNO4S2/c1-3-28-20-12-19(15-5-4-6-16(22)11-15)23(13-18(20)21(24)25)29(26,27)17-9-7-14(2)8-10-17/h4-11,18-20H,3,12-13H2,1-2H3,(H,24,25)/t18-,19+,20-/m1/s1. The zero-order valence-electron chi connectivity index (χ0n) is 16.3. The number of sulfonamides is 1. The highest BCUT2D eigenvalue weighted by Gasteiger charge is 2.45. The molecule has 0 spiro atoms. The number of carbonyl (C=O) groups is 1. The summed E-state index contributed by atoms with van der Waals surface area (Å²) >= 11 is 5.05. The molecule has 0 saturated carbocycles. The van der Waals surface area contributed by atoms with E-state index in [2.05, 4.69) is 15.9 Å². The second-order valence-electron chi connectivity index (χ2n) is 7.13. The minimum atomic E-state index is -3.85. The van der Waals surface area contributed by atoms with Crippen molar-refractivity contribution in [3.8, 4) is 0 Å². The van der Waals surface area contributed by atoms with Crippen LogP contribution in [0, 0.1) is 12.8 Å². The number of carboxylic acid groups (broad SMARTS) is 1. The van der Waals surface area contributed by atoms with Crippen molar-refractivity contribution in [1.82, 2.24) is 4.31 Å². The van der Waals surface area contributed by atoms with Crippen LogP contribution in [0.1, 0.15) is 30.5 Å². The average molecular weight is 498 g/mol. The summed E-state index contributed by atoms with van der Waals surface area (Å²) in [6, 6.07) is 13.9. The number of aliphatic carboxylic acids is 1. The van der Waals surface area contributed by atoms with Crippen molar-refractivity contribution < 1.29 is 18.3 Å². The Kier molecular flexibility index (Phi) is 7.09. The van der Waals surface area contributed by atoms with Crippen molar-refractivity contribution in [2.75, 3.05) is 12.3 Å². The number of hydrogen-bond donors (Lipinski definition) is 1.